The van der Waals surface area contributed by atoms with Crippen molar-refractivity contribution in [1.82, 2.24) is 5.32 Å². The van der Waals surface area contributed by atoms with Crippen LogP contribution in [0.3, 0.4) is 0 Å². The van der Waals surface area contributed by atoms with Crippen LogP contribution in [0.5, 0.6) is 5.75 Å². The second-order valence-electron chi connectivity index (χ2n) is 4.50. The molecule has 1 aromatic heterocycles. The standard InChI is InChI=1S/C15H16BrClFNOS/c1-3-7-19-14(15-11(20-2)6-8-21-15)9-4-5-10(16)12(17)13(9)18/h4-6,8,14,19H,3,7H2,1-2H3. The molecule has 1 heterocycles. The first-order valence-electron chi connectivity index (χ1n) is 6.58. The summed E-state index contributed by atoms with van der Waals surface area (Å²) in [7, 11) is 1.62. The summed E-state index contributed by atoms with van der Waals surface area (Å²) in [6, 6.07) is 5.13. The van der Waals surface area contributed by atoms with Crippen molar-refractivity contribution < 1.29 is 9.13 Å². The third-order valence-corrected chi connectivity index (χ3v) is 5.34. The summed E-state index contributed by atoms with van der Waals surface area (Å²) in [5, 5.41) is 5.41. The van der Waals surface area contributed by atoms with E-state index in [0.717, 1.165) is 23.6 Å². The number of nitrogens with one attached hydrogen (secondary N) is 1. The minimum atomic E-state index is -0.407. The largest absolute Gasteiger partial charge is 0.496 e. The summed E-state index contributed by atoms with van der Waals surface area (Å²) >= 11 is 10.8. The topological polar surface area (TPSA) is 21.3 Å². The number of methoxy groups -OCH3 is 1. The summed E-state index contributed by atoms with van der Waals surface area (Å²) in [6.45, 7) is 2.85. The average Bonchev–Trinajstić information content (AvgIpc) is 2.95. The Bertz CT molecular complexity index is 620. The Kier molecular flexibility index (Phi) is 6.05. The van der Waals surface area contributed by atoms with Gasteiger partial charge in [-0.05, 0) is 46.4 Å². The summed E-state index contributed by atoms with van der Waals surface area (Å²) in [5.41, 5.74) is 0.525. The molecule has 2 nitrogen and oxygen atoms in total. The van der Waals surface area contributed by atoms with Crippen LogP contribution in [0, 0.1) is 5.82 Å². The van der Waals surface area contributed by atoms with E-state index in [1.807, 2.05) is 11.4 Å². The third kappa shape index (κ3) is 3.59. The lowest BCUT2D eigenvalue weighted by Gasteiger charge is -2.20. The summed E-state index contributed by atoms with van der Waals surface area (Å²) in [5.74, 6) is 0.349. The molecule has 21 heavy (non-hydrogen) atoms. The lowest BCUT2D eigenvalue weighted by atomic mass is 10.0. The highest BCUT2D eigenvalue weighted by atomic mass is 79.9. The van der Waals surface area contributed by atoms with Crippen LogP contribution in [0.25, 0.3) is 0 Å². The van der Waals surface area contributed by atoms with Gasteiger partial charge in [0.2, 0.25) is 0 Å². The molecule has 0 fully saturated rings. The molecule has 0 bridgehead atoms. The molecule has 2 rings (SSSR count). The summed E-state index contributed by atoms with van der Waals surface area (Å²) in [6.07, 6.45) is 0.954. The van der Waals surface area contributed by atoms with Crippen molar-refractivity contribution in [2.75, 3.05) is 13.7 Å². The lowest BCUT2D eigenvalue weighted by Crippen LogP contribution is -2.24. The van der Waals surface area contributed by atoms with Gasteiger partial charge in [-0.1, -0.05) is 24.6 Å². The van der Waals surface area contributed by atoms with Crippen LogP contribution in [0.4, 0.5) is 4.39 Å². The van der Waals surface area contributed by atoms with Crippen molar-refractivity contribution in [1.29, 1.82) is 0 Å². The van der Waals surface area contributed by atoms with Gasteiger partial charge >= 0.3 is 0 Å². The molecule has 0 saturated heterocycles. The first-order chi connectivity index (χ1) is 10.1. The molecule has 0 radical (unpaired) electrons. The number of thiophene rings is 1. The Morgan fingerprint density at radius 1 is 1.43 bits per heavy atom. The fraction of sp³-hybridized carbons (Fsp3) is 0.333. The number of hydrogen-bond acceptors (Lipinski definition) is 3. The highest BCUT2D eigenvalue weighted by Crippen LogP contribution is 2.38. The molecule has 1 unspecified atom stereocenters. The maximum Gasteiger partial charge on any atom is 0.148 e. The molecule has 0 aliphatic heterocycles. The predicted octanol–water partition coefficient (Wildman–Crippen LogP) is 5.40. The zero-order valence-corrected chi connectivity index (χ0v) is 14.9. The average molecular weight is 393 g/mol. The van der Waals surface area contributed by atoms with Crippen LogP contribution in [0.15, 0.2) is 28.1 Å². The molecule has 6 heteroatoms. The monoisotopic (exact) mass is 391 g/mol. The Hall–Kier alpha value is -0.620. The normalized spacial score (nSPS) is 12.4. The van der Waals surface area contributed by atoms with Crippen LogP contribution in [-0.2, 0) is 0 Å². The Morgan fingerprint density at radius 3 is 2.86 bits per heavy atom. The number of halogens is 3. The quantitative estimate of drug-likeness (QED) is 0.664. The molecule has 1 N–H and O–H groups in total. The second-order valence-corrected chi connectivity index (χ2v) is 6.68. The number of rotatable bonds is 6. The van der Waals surface area contributed by atoms with Crippen molar-refractivity contribution >= 4 is 38.9 Å². The van der Waals surface area contributed by atoms with Gasteiger partial charge in [-0.3, -0.25) is 0 Å². The molecule has 2 aromatic rings. The maximum atomic E-state index is 14.5. The van der Waals surface area contributed by atoms with Crippen LogP contribution < -0.4 is 10.1 Å². The van der Waals surface area contributed by atoms with Gasteiger partial charge in [0.25, 0.3) is 0 Å². The zero-order valence-electron chi connectivity index (χ0n) is 11.8. The van der Waals surface area contributed by atoms with E-state index in [9.17, 15) is 4.39 Å². The third-order valence-electron chi connectivity index (χ3n) is 3.11. The van der Waals surface area contributed by atoms with Gasteiger partial charge in [0, 0.05) is 10.0 Å². The maximum absolute atomic E-state index is 14.5. The van der Waals surface area contributed by atoms with E-state index in [4.69, 9.17) is 16.3 Å². The van der Waals surface area contributed by atoms with E-state index in [2.05, 4.69) is 28.2 Å². The van der Waals surface area contributed by atoms with Gasteiger partial charge in [0.15, 0.2) is 0 Å². The summed E-state index contributed by atoms with van der Waals surface area (Å²) in [4.78, 5) is 0.947. The highest BCUT2D eigenvalue weighted by molar-refractivity contribution is 9.10. The molecule has 0 saturated carbocycles. The van der Waals surface area contributed by atoms with Gasteiger partial charge < -0.3 is 10.1 Å². The molecule has 0 aliphatic rings. The van der Waals surface area contributed by atoms with Crippen molar-refractivity contribution in [3.8, 4) is 5.75 Å². The molecule has 0 spiro atoms. The molecule has 0 amide bonds. The van der Waals surface area contributed by atoms with Crippen molar-refractivity contribution in [2.45, 2.75) is 19.4 Å². The van der Waals surface area contributed by atoms with Gasteiger partial charge in [-0.15, -0.1) is 11.3 Å². The van der Waals surface area contributed by atoms with Crippen molar-refractivity contribution in [2.24, 2.45) is 0 Å². The number of ether oxygens (including phenoxy) is 1. The first-order valence-corrected chi connectivity index (χ1v) is 8.63. The van der Waals surface area contributed by atoms with E-state index in [1.54, 1.807) is 19.2 Å². The van der Waals surface area contributed by atoms with Crippen molar-refractivity contribution in [3.63, 3.8) is 0 Å². The number of hydrogen-bond donors (Lipinski definition) is 1. The lowest BCUT2D eigenvalue weighted by molar-refractivity contribution is 0.406. The summed E-state index contributed by atoms with van der Waals surface area (Å²) < 4.78 is 20.5. The minimum Gasteiger partial charge on any atom is -0.496 e. The number of benzene rings is 1. The molecular formula is C15H16BrClFNOS. The second kappa shape index (κ2) is 7.58. The Balaban J connectivity index is 2.48. The fourth-order valence-corrected chi connectivity index (χ4v) is 3.52. The molecular weight excluding hydrogens is 377 g/mol. The van der Waals surface area contributed by atoms with Gasteiger partial charge in [0.1, 0.15) is 11.6 Å². The molecule has 1 aromatic carbocycles. The van der Waals surface area contributed by atoms with E-state index in [0.29, 0.717) is 10.0 Å². The Morgan fingerprint density at radius 2 is 2.19 bits per heavy atom. The molecule has 114 valence electrons. The van der Waals surface area contributed by atoms with E-state index in [1.165, 1.54) is 11.3 Å². The molecule has 1 atom stereocenters. The SMILES string of the molecule is CCCNC(c1ccc(Br)c(Cl)c1F)c1sccc1OC. The van der Waals surface area contributed by atoms with Crippen molar-refractivity contribution in [3.05, 3.63) is 49.3 Å². The van der Waals surface area contributed by atoms with E-state index < -0.39 is 5.82 Å². The zero-order chi connectivity index (χ0) is 15.4. The first kappa shape index (κ1) is 16.7. The highest BCUT2D eigenvalue weighted by Gasteiger charge is 2.24. The van der Waals surface area contributed by atoms with E-state index >= 15 is 0 Å². The van der Waals surface area contributed by atoms with Crippen LogP contribution in [0.2, 0.25) is 5.02 Å². The Labute approximate surface area is 141 Å². The van der Waals surface area contributed by atoms with E-state index in [-0.39, 0.29) is 11.1 Å². The van der Waals surface area contributed by atoms with Gasteiger partial charge in [-0.25, -0.2) is 4.39 Å². The van der Waals surface area contributed by atoms with Crippen LogP contribution in [-0.4, -0.2) is 13.7 Å². The van der Waals surface area contributed by atoms with Gasteiger partial charge in [-0.2, -0.15) is 0 Å². The van der Waals surface area contributed by atoms with Crippen LogP contribution in [0.1, 0.15) is 29.8 Å². The van der Waals surface area contributed by atoms with Crippen LogP contribution >= 0.6 is 38.9 Å². The predicted molar refractivity (Wildman–Crippen MR) is 90.1 cm³/mol. The molecule has 0 aliphatic carbocycles. The minimum absolute atomic E-state index is 0.103. The smallest absolute Gasteiger partial charge is 0.148 e. The fourth-order valence-electron chi connectivity index (χ4n) is 2.08. The van der Waals surface area contributed by atoms with Gasteiger partial charge in [0.05, 0.1) is 23.1 Å².